The zero-order valence-corrected chi connectivity index (χ0v) is 16.3. The molecule has 6 heteroatoms. The lowest BCUT2D eigenvalue weighted by molar-refractivity contribution is -0.137. The smallest absolute Gasteiger partial charge is 0.376 e. The predicted molar refractivity (Wildman–Crippen MR) is 103 cm³/mol. The molecular weight excluding hydrogens is 382 g/mol. The van der Waals surface area contributed by atoms with Gasteiger partial charge >= 0.3 is 6.18 Å². The van der Waals surface area contributed by atoms with E-state index in [1.54, 1.807) is 6.07 Å². The zero-order chi connectivity index (χ0) is 19.4. The molecule has 3 rings (SSSR count). The quantitative estimate of drug-likeness (QED) is 0.520. The van der Waals surface area contributed by atoms with Gasteiger partial charge in [0.25, 0.3) is 0 Å². The van der Waals surface area contributed by atoms with E-state index >= 15 is 0 Å². The molecule has 0 aromatic heterocycles. The van der Waals surface area contributed by atoms with Crippen molar-refractivity contribution in [2.24, 2.45) is 0 Å². The van der Waals surface area contributed by atoms with Crippen LogP contribution in [0, 0.1) is 6.92 Å². The molecule has 26 heavy (non-hydrogen) atoms. The Hall–Kier alpha value is -1.65. The van der Waals surface area contributed by atoms with Gasteiger partial charge in [-0.15, -0.1) is 0 Å². The number of halogens is 5. The molecule has 1 aliphatic heterocycles. The first kappa shape index (κ1) is 19.1. The van der Waals surface area contributed by atoms with Gasteiger partial charge in [0.05, 0.1) is 21.1 Å². The van der Waals surface area contributed by atoms with Crippen LogP contribution < -0.4 is 5.32 Å². The summed E-state index contributed by atoms with van der Waals surface area (Å²) in [5.41, 5.74) is 3.49. The van der Waals surface area contributed by atoms with Crippen molar-refractivity contribution in [1.82, 2.24) is 0 Å². The molecule has 0 spiro atoms. The molecule has 0 fully saturated rings. The summed E-state index contributed by atoms with van der Waals surface area (Å²) in [5, 5.41) is 3.54. The van der Waals surface area contributed by atoms with Crippen LogP contribution in [0.5, 0.6) is 0 Å². The fourth-order valence-electron chi connectivity index (χ4n) is 3.42. The van der Waals surface area contributed by atoms with Crippen LogP contribution >= 0.6 is 23.2 Å². The standard InChI is InChI=1S/C20H18Cl2F3N/c1-10-7-13(12-5-6-15(21)14(8-12)20(23,24)25)17(22)16-11(2)9-19(3,4)26-18(10)16/h5-9,26H,1-4H3. The second kappa shape index (κ2) is 6.21. The van der Waals surface area contributed by atoms with E-state index in [0.717, 1.165) is 28.5 Å². The van der Waals surface area contributed by atoms with E-state index < -0.39 is 11.7 Å². The summed E-state index contributed by atoms with van der Waals surface area (Å²) in [4.78, 5) is 0. The van der Waals surface area contributed by atoms with E-state index in [0.29, 0.717) is 16.1 Å². The lowest BCUT2D eigenvalue weighted by Gasteiger charge is -2.33. The average molecular weight is 400 g/mol. The third-order valence-corrected chi connectivity index (χ3v) is 5.18. The van der Waals surface area contributed by atoms with Gasteiger partial charge in [-0.25, -0.2) is 0 Å². The molecule has 2 aromatic carbocycles. The molecule has 1 heterocycles. The molecular formula is C20H18Cl2F3N. The molecule has 0 amide bonds. The second-order valence-electron chi connectivity index (χ2n) is 7.17. The summed E-state index contributed by atoms with van der Waals surface area (Å²) >= 11 is 12.4. The van der Waals surface area contributed by atoms with Crippen LogP contribution in [0.2, 0.25) is 10.0 Å². The van der Waals surface area contributed by atoms with Crippen molar-refractivity contribution in [2.75, 3.05) is 5.32 Å². The molecule has 1 aliphatic rings. The molecule has 138 valence electrons. The highest BCUT2D eigenvalue weighted by Crippen LogP contribution is 2.46. The highest BCUT2D eigenvalue weighted by atomic mass is 35.5. The summed E-state index contributed by atoms with van der Waals surface area (Å²) < 4.78 is 39.6. The first-order chi connectivity index (χ1) is 11.9. The molecule has 0 saturated heterocycles. The Bertz CT molecular complexity index is 928. The number of rotatable bonds is 1. The first-order valence-corrected chi connectivity index (χ1v) is 8.84. The van der Waals surface area contributed by atoms with Gasteiger partial charge in [0.15, 0.2) is 0 Å². The number of hydrogen-bond donors (Lipinski definition) is 1. The van der Waals surface area contributed by atoms with Gasteiger partial charge in [0, 0.05) is 16.8 Å². The zero-order valence-electron chi connectivity index (χ0n) is 14.8. The van der Waals surface area contributed by atoms with Crippen molar-refractivity contribution < 1.29 is 13.2 Å². The molecule has 2 aromatic rings. The highest BCUT2D eigenvalue weighted by Gasteiger charge is 2.34. The SMILES string of the molecule is CC1=CC(C)(C)Nc2c(C)cc(-c3ccc(Cl)c(C(F)(F)F)c3)c(Cl)c21. The van der Waals surface area contributed by atoms with Gasteiger partial charge in [-0.3, -0.25) is 0 Å². The minimum Gasteiger partial charge on any atom is -0.376 e. The van der Waals surface area contributed by atoms with Gasteiger partial charge < -0.3 is 5.32 Å². The molecule has 1 nitrogen and oxygen atoms in total. The van der Waals surface area contributed by atoms with Crippen molar-refractivity contribution >= 4 is 34.5 Å². The van der Waals surface area contributed by atoms with E-state index in [-0.39, 0.29) is 10.6 Å². The Kier molecular flexibility index (Phi) is 4.56. The first-order valence-electron chi connectivity index (χ1n) is 8.09. The van der Waals surface area contributed by atoms with Crippen LogP contribution in [-0.4, -0.2) is 5.54 Å². The number of anilines is 1. The van der Waals surface area contributed by atoms with Crippen molar-refractivity contribution in [3.63, 3.8) is 0 Å². The van der Waals surface area contributed by atoms with Crippen molar-refractivity contribution in [3.8, 4) is 11.1 Å². The Morgan fingerprint density at radius 3 is 2.31 bits per heavy atom. The normalized spacial score (nSPS) is 16.0. The maximum atomic E-state index is 13.2. The van der Waals surface area contributed by atoms with Crippen molar-refractivity contribution in [2.45, 2.75) is 39.4 Å². The minimum absolute atomic E-state index is 0.226. The average Bonchev–Trinajstić information content (AvgIpc) is 2.49. The lowest BCUT2D eigenvalue weighted by atomic mass is 9.87. The third-order valence-electron chi connectivity index (χ3n) is 4.46. The van der Waals surface area contributed by atoms with Crippen molar-refractivity contribution in [3.05, 3.63) is 57.1 Å². The number of benzene rings is 2. The van der Waals surface area contributed by atoms with E-state index in [2.05, 4.69) is 25.2 Å². The Balaban J connectivity index is 2.24. The number of fused-ring (bicyclic) bond motifs is 1. The maximum absolute atomic E-state index is 13.2. The van der Waals surface area contributed by atoms with E-state index in [4.69, 9.17) is 23.2 Å². The number of aryl methyl sites for hydroxylation is 1. The topological polar surface area (TPSA) is 12.0 Å². The van der Waals surface area contributed by atoms with Crippen LogP contribution in [-0.2, 0) is 6.18 Å². The van der Waals surface area contributed by atoms with Crippen LogP contribution in [0.3, 0.4) is 0 Å². The predicted octanol–water partition coefficient (Wildman–Crippen LogP) is 7.60. The number of nitrogens with one attached hydrogen (secondary N) is 1. The van der Waals surface area contributed by atoms with Crippen LogP contribution in [0.1, 0.15) is 37.5 Å². The lowest BCUT2D eigenvalue weighted by Crippen LogP contribution is -2.32. The largest absolute Gasteiger partial charge is 0.417 e. The number of alkyl halides is 3. The van der Waals surface area contributed by atoms with Gasteiger partial charge in [0.1, 0.15) is 0 Å². The fraction of sp³-hybridized carbons (Fsp3) is 0.300. The van der Waals surface area contributed by atoms with E-state index in [1.165, 1.54) is 6.07 Å². The van der Waals surface area contributed by atoms with Gasteiger partial charge in [-0.05, 0) is 62.6 Å². The molecule has 1 N–H and O–H groups in total. The summed E-state index contributed by atoms with van der Waals surface area (Å²) in [7, 11) is 0. The van der Waals surface area contributed by atoms with E-state index in [1.807, 2.05) is 19.9 Å². The third kappa shape index (κ3) is 3.33. The Labute approximate surface area is 160 Å². The number of allylic oxidation sites excluding steroid dienone is 1. The Morgan fingerprint density at radius 2 is 1.69 bits per heavy atom. The van der Waals surface area contributed by atoms with E-state index in [9.17, 15) is 13.2 Å². The minimum atomic E-state index is -4.52. The highest BCUT2D eigenvalue weighted by molar-refractivity contribution is 6.36. The molecule has 0 atom stereocenters. The van der Waals surface area contributed by atoms with Crippen LogP contribution in [0.4, 0.5) is 18.9 Å². The Morgan fingerprint density at radius 1 is 1.04 bits per heavy atom. The molecule has 0 aliphatic carbocycles. The number of hydrogen-bond acceptors (Lipinski definition) is 1. The van der Waals surface area contributed by atoms with Crippen molar-refractivity contribution in [1.29, 1.82) is 0 Å². The summed E-state index contributed by atoms with van der Waals surface area (Å²) in [6, 6.07) is 5.68. The molecule has 0 saturated carbocycles. The summed E-state index contributed by atoms with van der Waals surface area (Å²) in [5.74, 6) is 0. The monoisotopic (exact) mass is 399 g/mol. The van der Waals surface area contributed by atoms with Crippen LogP contribution in [0.25, 0.3) is 16.7 Å². The summed E-state index contributed by atoms with van der Waals surface area (Å²) in [6.45, 7) is 7.98. The van der Waals surface area contributed by atoms with Gasteiger partial charge in [-0.2, -0.15) is 13.2 Å². The fourth-order valence-corrected chi connectivity index (χ4v) is 4.05. The maximum Gasteiger partial charge on any atom is 0.417 e. The van der Waals surface area contributed by atoms with Gasteiger partial charge in [0.2, 0.25) is 0 Å². The molecule has 0 radical (unpaired) electrons. The summed E-state index contributed by atoms with van der Waals surface area (Å²) in [6.07, 6.45) is -2.46. The molecule has 0 unspecified atom stereocenters. The van der Waals surface area contributed by atoms with Gasteiger partial charge in [-0.1, -0.05) is 35.3 Å². The van der Waals surface area contributed by atoms with Crippen LogP contribution in [0.15, 0.2) is 30.3 Å². The second-order valence-corrected chi connectivity index (χ2v) is 7.96. The molecule has 0 bridgehead atoms.